The van der Waals surface area contributed by atoms with Gasteiger partial charge in [0.25, 0.3) is 0 Å². The van der Waals surface area contributed by atoms with E-state index in [1.165, 1.54) is 4.88 Å². The lowest BCUT2D eigenvalue weighted by molar-refractivity contribution is 0.564. The van der Waals surface area contributed by atoms with Gasteiger partial charge in [0.05, 0.1) is 5.69 Å². The van der Waals surface area contributed by atoms with Gasteiger partial charge in [0, 0.05) is 29.4 Å². The second kappa shape index (κ2) is 5.36. The molecule has 1 aromatic heterocycles. The number of rotatable bonds is 4. The van der Waals surface area contributed by atoms with Crippen LogP contribution in [0, 0.1) is 0 Å². The Morgan fingerprint density at radius 3 is 2.24 bits per heavy atom. The van der Waals surface area contributed by atoms with E-state index in [1.807, 2.05) is 0 Å². The van der Waals surface area contributed by atoms with Crippen molar-refractivity contribution in [2.75, 3.05) is 11.4 Å². The van der Waals surface area contributed by atoms with Gasteiger partial charge < -0.3 is 10.6 Å². The van der Waals surface area contributed by atoms with Crippen molar-refractivity contribution in [1.82, 2.24) is 4.98 Å². The predicted molar refractivity (Wildman–Crippen MR) is 76.9 cm³/mol. The number of hydrogen-bond donors (Lipinski definition) is 1. The second-order valence-electron chi connectivity index (χ2n) is 5.60. The molecule has 1 heterocycles. The summed E-state index contributed by atoms with van der Waals surface area (Å²) in [4.78, 5) is 8.34. The topological polar surface area (TPSA) is 42.2 Å². The van der Waals surface area contributed by atoms with Crippen molar-refractivity contribution in [3.63, 3.8) is 0 Å². The monoisotopic (exact) mass is 255 g/mol. The van der Waals surface area contributed by atoms with Crippen molar-refractivity contribution in [2.45, 2.75) is 59.5 Å². The Kier molecular flexibility index (Phi) is 4.55. The molecular weight excluding hydrogens is 230 g/mol. The van der Waals surface area contributed by atoms with Crippen LogP contribution in [0.4, 0.5) is 5.13 Å². The highest BCUT2D eigenvalue weighted by Crippen LogP contribution is 2.34. The van der Waals surface area contributed by atoms with Crippen LogP contribution in [0.3, 0.4) is 0 Å². The molecule has 0 radical (unpaired) electrons. The second-order valence-corrected chi connectivity index (χ2v) is 6.66. The molecule has 0 aliphatic heterocycles. The molecule has 0 fully saturated rings. The molecule has 17 heavy (non-hydrogen) atoms. The van der Waals surface area contributed by atoms with Crippen molar-refractivity contribution in [3.05, 3.63) is 10.6 Å². The van der Waals surface area contributed by atoms with E-state index in [2.05, 4.69) is 46.4 Å². The minimum absolute atomic E-state index is 0.0693. The Hall–Kier alpha value is -0.610. The van der Waals surface area contributed by atoms with Crippen LogP contribution in [0.25, 0.3) is 0 Å². The summed E-state index contributed by atoms with van der Waals surface area (Å²) in [6.07, 6.45) is 0. The van der Waals surface area contributed by atoms with Crippen LogP contribution in [-0.4, -0.2) is 17.6 Å². The zero-order valence-electron chi connectivity index (χ0n) is 11.9. The molecule has 0 bridgehead atoms. The number of anilines is 1. The first-order valence-corrected chi connectivity index (χ1v) is 7.09. The smallest absolute Gasteiger partial charge is 0.186 e. The summed E-state index contributed by atoms with van der Waals surface area (Å²) in [5.41, 5.74) is 7.05. The molecule has 2 N–H and O–H groups in total. The van der Waals surface area contributed by atoms with E-state index in [-0.39, 0.29) is 5.41 Å². The van der Waals surface area contributed by atoms with Gasteiger partial charge >= 0.3 is 0 Å². The summed E-state index contributed by atoms with van der Waals surface area (Å²) in [5, 5.41) is 1.10. The Morgan fingerprint density at radius 2 is 1.94 bits per heavy atom. The third-order valence-corrected chi connectivity index (χ3v) is 3.91. The molecule has 0 amide bonds. The molecule has 4 heteroatoms. The molecule has 0 atom stereocenters. The highest BCUT2D eigenvalue weighted by atomic mass is 32.1. The van der Waals surface area contributed by atoms with Crippen molar-refractivity contribution in [1.29, 1.82) is 0 Å². The molecular formula is C13H25N3S. The van der Waals surface area contributed by atoms with Crippen LogP contribution < -0.4 is 10.6 Å². The maximum Gasteiger partial charge on any atom is 0.186 e. The molecule has 0 saturated carbocycles. The molecule has 0 aliphatic rings. The number of nitrogens with two attached hydrogens (primary N) is 1. The molecule has 3 nitrogen and oxygen atoms in total. The van der Waals surface area contributed by atoms with Gasteiger partial charge in [-0.1, -0.05) is 20.8 Å². The Labute approximate surface area is 109 Å². The van der Waals surface area contributed by atoms with Crippen LogP contribution in [0.1, 0.15) is 52.1 Å². The van der Waals surface area contributed by atoms with Crippen LogP contribution in [0.15, 0.2) is 0 Å². The number of hydrogen-bond acceptors (Lipinski definition) is 4. The van der Waals surface area contributed by atoms with E-state index >= 15 is 0 Å². The third-order valence-electron chi connectivity index (χ3n) is 2.79. The summed E-state index contributed by atoms with van der Waals surface area (Å²) < 4.78 is 0. The van der Waals surface area contributed by atoms with Crippen molar-refractivity contribution >= 4 is 16.5 Å². The van der Waals surface area contributed by atoms with E-state index in [9.17, 15) is 0 Å². The zero-order chi connectivity index (χ0) is 13.2. The van der Waals surface area contributed by atoms with Crippen molar-refractivity contribution in [2.24, 2.45) is 5.73 Å². The van der Waals surface area contributed by atoms with Gasteiger partial charge in [0.2, 0.25) is 0 Å². The maximum atomic E-state index is 5.83. The Balaban J connectivity index is 3.16. The van der Waals surface area contributed by atoms with Gasteiger partial charge in [-0.05, 0) is 20.8 Å². The van der Waals surface area contributed by atoms with Crippen LogP contribution in [-0.2, 0) is 12.0 Å². The highest BCUT2D eigenvalue weighted by molar-refractivity contribution is 7.15. The van der Waals surface area contributed by atoms with Gasteiger partial charge in [-0.25, -0.2) is 4.98 Å². The summed E-state index contributed by atoms with van der Waals surface area (Å²) in [5.74, 6) is 0. The molecule has 0 aromatic carbocycles. The largest absolute Gasteiger partial charge is 0.346 e. The summed E-state index contributed by atoms with van der Waals surface area (Å²) >= 11 is 1.74. The summed E-state index contributed by atoms with van der Waals surface area (Å²) in [6.45, 7) is 14.7. The van der Waals surface area contributed by atoms with Gasteiger partial charge in [-0.15, -0.1) is 11.3 Å². The van der Waals surface area contributed by atoms with E-state index < -0.39 is 0 Å². The molecule has 98 valence electrons. The van der Waals surface area contributed by atoms with E-state index in [4.69, 9.17) is 10.7 Å². The van der Waals surface area contributed by atoms with Crippen LogP contribution >= 0.6 is 11.3 Å². The minimum atomic E-state index is 0.0693. The predicted octanol–water partition coefficient (Wildman–Crippen LogP) is 3.13. The maximum absolute atomic E-state index is 5.83. The molecule has 0 saturated heterocycles. The minimum Gasteiger partial charge on any atom is -0.346 e. The average molecular weight is 255 g/mol. The quantitative estimate of drug-likeness (QED) is 0.898. The lowest BCUT2D eigenvalue weighted by Crippen LogP contribution is -2.30. The fraction of sp³-hybridized carbons (Fsp3) is 0.769. The Bertz CT molecular complexity index is 363. The molecule has 1 aromatic rings. The fourth-order valence-electron chi connectivity index (χ4n) is 1.91. The lowest BCUT2D eigenvalue weighted by Gasteiger charge is -2.24. The first-order valence-electron chi connectivity index (χ1n) is 6.28. The highest BCUT2D eigenvalue weighted by Gasteiger charge is 2.24. The lowest BCUT2D eigenvalue weighted by atomic mass is 9.91. The van der Waals surface area contributed by atoms with Gasteiger partial charge in [0.1, 0.15) is 0 Å². The first kappa shape index (κ1) is 14.5. The van der Waals surface area contributed by atoms with Crippen molar-refractivity contribution in [3.8, 4) is 0 Å². The van der Waals surface area contributed by atoms with Crippen molar-refractivity contribution < 1.29 is 0 Å². The van der Waals surface area contributed by atoms with Crippen LogP contribution in [0.2, 0.25) is 0 Å². The van der Waals surface area contributed by atoms with E-state index in [0.717, 1.165) is 17.4 Å². The van der Waals surface area contributed by atoms with E-state index in [1.54, 1.807) is 11.3 Å². The molecule has 0 unspecified atom stereocenters. The molecule has 0 spiro atoms. The van der Waals surface area contributed by atoms with Gasteiger partial charge in [-0.2, -0.15) is 0 Å². The average Bonchev–Trinajstić information content (AvgIpc) is 2.61. The standard InChI is InChI=1S/C13H25N3S/c1-7-16(9(2)3)12-15-11(13(4,5)6)10(8-14)17-12/h9H,7-8,14H2,1-6H3. The number of thiazole rings is 1. The van der Waals surface area contributed by atoms with E-state index in [0.29, 0.717) is 12.6 Å². The normalized spacial score (nSPS) is 12.2. The molecule has 1 rings (SSSR count). The first-order chi connectivity index (χ1) is 7.81. The molecule has 0 aliphatic carbocycles. The fourth-order valence-corrected chi connectivity index (χ4v) is 3.25. The third kappa shape index (κ3) is 3.19. The summed E-state index contributed by atoms with van der Waals surface area (Å²) in [7, 11) is 0. The summed E-state index contributed by atoms with van der Waals surface area (Å²) in [6, 6.07) is 0.476. The van der Waals surface area contributed by atoms with Crippen LogP contribution in [0.5, 0.6) is 0 Å². The number of nitrogens with zero attached hydrogens (tertiary/aromatic N) is 2. The Morgan fingerprint density at radius 1 is 1.35 bits per heavy atom. The number of aromatic nitrogens is 1. The SMILES string of the molecule is CCN(c1nc(C(C)(C)C)c(CN)s1)C(C)C. The van der Waals surface area contributed by atoms with Gasteiger partial charge in [0.15, 0.2) is 5.13 Å². The zero-order valence-corrected chi connectivity index (χ0v) is 12.7. The van der Waals surface area contributed by atoms with Gasteiger partial charge in [-0.3, -0.25) is 0 Å².